The fourth-order valence-electron chi connectivity index (χ4n) is 2.81. The molecule has 25 heavy (non-hydrogen) atoms. The molecule has 1 aliphatic rings. The Hall–Kier alpha value is -1.95. The smallest absolute Gasteiger partial charge is 0.317 e. The summed E-state index contributed by atoms with van der Waals surface area (Å²) in [6, 6.07) is 3.67. The maximum Gasteiger partial charge on any atom is 0.317 e. The first kappa shape index (κ1) is 19.4. The molecule has 0 unspecified atom stereocenters. The maximum atomic E-state index is 12.6. The SMILES string of the molecule is COc1cc(C)c(CC(=O)N2CCN(C(=O)NC(C)C)CC2)cc1Cl. The summed E-state index contributed by atoms with van der Waals surface area (Å²) in [7, 11) is 1.57. The quantitative estimate of drug-likeness (QED) is 0.889. The van der Waals surface area contributed by atoms with E-state index in [1.165, 1.54) is 0 Å². The molecule has 0 saturated carbocycles. The first-order valence-corrected chi connectivity index (χ1v) is 8.85. The second-order valence-corrected chi connectivity index (χ2v) is 6.97. The summed E-state index contributed by atoms with van der Waals surface area (Å²) in [5, 5.41) is 3.38. The standard InChI is InChI=1S/C18H26ClN3O3/c1-12(2)20-18(24)22-7-5-21(6-8-22)17(23)11-14-10-15(19)16(25-4)9-13(14)3/h9-10,12H,5-8,11H2,1-4H3,(H,20,24). The summed E-state index contributed by atoms with van der Waals surface area (Å²) in [6.45, 7) is 8.00. The molecule has 0 aliphatic carbocycles. The number of benzene rings is 1. The first-order chi connectivity index (χ1) is 11.8. The Balaban J connectivity index is 1.93. The predicted octanol–water partition coefficient (Wildman–Crippen LogP) is 2.46. The molecule has 0 radical (unpaired) electrons. The van der Waals surface area contributed by atoms with Crippen LogP contribution in [0.5, 0.6) is 5.75 Å². The van der Waals surface area contributed by atoms with Crippen LogP contribution in [0.25, 0.3) is 0 Å². The van der Waals surface area contributed by atoms with Gasteiger partial charge in [-0.05, 0) is 44.0 Å². The predicted molar refractivity (Wildman–Crippen MR) is 98.3 cm³/mol. The van der Waals surface area contributed by atoms with Crippen LogP contribution in [-0.2, 0) is 11.2 Å². The number of methoxy groups -OCH3 is 1. The number of hydrogen-bond acceptors (Lipinski definition) is 3. The third kappa shape index (κ3) is 5.01. The number of urea groups is 1. The van der Waals surface area contributed by atoms with Crippen molar-refractivity contribution in [2.45, 2.75) is 33.2 Å². The second kappa shape index (κ2) is 8.43. The van der Waals surface area contributed by atoms with Crippen LogP contribution in [0.4, 0.5) is 4.79 Å². The lowest BCUT2D eigenvalue weighted by Crippen LogP contribution is -2.54. The van der Waals surface area contributed by atoms with Gasteiger partial charge in [0.25, 0.3) is 0 Å². The van der Waals surface area contributed by atoms with Crippen LogP contribution in [0.3, 0.4) is 0 Å². The van der Waals surface area contributed by atoms with Gasteiger partial charge < -0.3 is 19.9 Å². The van der Waals surface area contributed by atoms with Crippen molar-refractivity contribution >= 4 is 23.5 Å². The Kier molecular flexibility index (Phi) is 6.53. The average molecular weight is 368 g/mol. The summed E-state index contributed by atoms with van der Waals surface area (Å²) >= 11 is 6.17. The van der Waals surface area contributed by atoms with Crippen molar-refractivity contribution in [2.75, 3.05) is 33.3 Å². The molecular formula is C18H26ClN3O3. The van der Waals surface area contributed by atoms with Crippen LogP contribution in [0.2, 0.25) is 5.02 Å². The molecule has 6 nitrogen and oxygen atoms in total. The summed E-state index contributed by atoms with van der Waals surface area (Å²) in [5.41, 5.74) is 1.88. The minimum Gasteiger partial charge on any atom is -0.495 e. The van der Waals surface area contributed by atoms with Gasteiger partial charge in [-0.15, -0.1) is 0 Å². The largest absolute Gasteiger partial charge is 0.495 e. The lowest BCUT2D eigenvalue weighted by Gasteiger charge is -2.35. The number of aryl methyl sites for hydroxylation is 1. The minimum absolute atomic E-state index is 0.0493. The van der Waals surface area contributed by atoms with Gasteiger partial charge in [0.1, 0.15) is 5.75 Å². The normalized spacial score (nSPS) is 14.6. The molecule has 7 heteroatoms. The van der Waals surface area contributed by atoms with Crippen molar-refractivity contribution in [2.24, 2.45) is 0 Å². The van der Waals surface area contributed by atoms with Gasteiger partial charge in [-0.3, -0.25) is 4.79 Å². The lowest BCUT2D eigenvalue weighted by atomic mass is 10.0. The van der Waals surface area contributed by atoms with Gasteiger partial charge in [0.05, 0.1) is 18.6 Å². The number of halogens is 1. The average Bonchev–Trinajstić information content (AvgIpc) is 2.57. The number of amides is 3. The molecule has 0 spiro atoms. The highest BCUT2D eigenvalue weighted by Crippen LogP contribution is 2.28. The number of ether oxygens (including phenoxy) is 1. The van der Waals surface area contributed by atoms with E-state index in [2.05, 4.69) is 5.32 Å². The van der Waals surface area contributed by atoms with E-state index < -0.39 is 0 Å². The molecule has 1 aliphatic heterocycles. The van der Waals surface area contributed by atoms with Crippen LogP contribution in [0.15, 0.2) is 12.1 Å². The molecule has 1 fully saturated rings. The molecule has 0 bridgehead atoms. The zero-order chi connectivity index (χ0) is 18.6. The van der Waals surface area contributed by atoms with E-state index >= 15 is 0 Å². The van der Waals surface area contributed by atoms with E-state index in [1.54, 1.807) is 23.0 Å². The summed E-state index contributed by atoms with van der Waals surface area (Å²) < 4.78 is 5.19. The Bertz CT molecular complexity index is 641. The van der Waals surface area contributed by atoms with E-state index in [1.807, 2.05) is 26.8 Å². The fourth-order valence-corrected chi connectivity index (χ4v) is 3.08. The molecular weight excluding hydrogens is 342 g/mol. The maximum absolute atomic E-state index is 12.6. The minimum atomic E-state index is -0.0696. The van der Waals surface area contributed by atoms with Gasteiger partial charge in [-0.25, -0.2) is 4.79 Å². The Morgan fingerprint density at radius 3 is 2.36 bits per heavy atom. The van der Waals surface area contributed by atoms with Crippen LogP contribution in [-0.4, -0.2) is 61.1 Å². The Morgan fingerprint density at radius 1 is 1.20 bits per heavy atom. The third-order valence-corrected chi connectivity index (χ3v) is 4.58. The summed E-state index contributed by atoms with van der Waals surface area (Å²) in [4.78, 5) is 28.1. The molecule has 1 saturated heterocycles. The zero-order valence-corrected chi connectivity index (χ0v) is 16.0. The highest BCUT2D eigenvalue weighted by atomic mass is 35.5. The molecule has 1 aromatic rings. The molecule has 1 N–H and O–H groups in total. The number of hydrogen-bond donors (Lipinski definition) is 1. The van der Waals surface area contributed by atoms with Crippen molar-refractivity contribution in [3.63, 3.8) is 0 Å². The molecule has 3 amide bonds. The van der Waals surface area contributed by atoms with Crippen molar-refractivity contribution in [3.8, 4) is 5.75 Å². The Labute approximate surface area is 154 Å². The number of nitrogens with one attached hydrogen (secondary N) is 1. The third-order valence-electron chi connectivity index (χ3n) is 4.28. The monoisotopic (exact) mass is 367 g/mol. The fraction of sp³-hybridized carbons (Fsp3) is 0.556. The summed E-state index contributed by atoms with van der Waals surface area (Å²) in [5.74, 6) is 0.661. The molecule has 1 heterocycles. The van der Waals surface area contributed by atoms with Crippen LogP contribution in [0, 0.1) is 6.92 Å². The van der Waals surface area contributed by atoms with Crippen molar-refractivity contribution in [1.82, 2.24) is 15.1 Å². The van der Waals surface area contributed by atoms with Gasteiger partial charge in [-0.2, -0.15) is 0 Å². The highest BCUT2D eigenvalue weighted by Gasteiger charge is 2.24. The topological polar surface area (TPSA) is 61.9 Å². The van der Waals surface area contributed by atoms with Gasteiger partial charge in [0.15, 0.2) is 0 Å². The Morgan fingerprint density at radius 2 is 1.80 bits per heavy atom. The lowest BCUT2D eigenvalue weighted by molar-refractivity contribution is -0.131. The highest BCUT2D eigenvalue weighted by molar-refractivity contribution is 6.32. The van der Waals surface area contributed by atoms with Gasteiger partial charge >= 0.3 is 6.03 Å². The van der Waals surface area contributed by atoms with Crippen LogP contribution >= 0.6 is 11.6 Å². The van der Waals surface area contributed by atoms with E-state index in [0.29, 0.717) is 43.4 Å². The van der Waals surface area contributed by atoms with E-state index in [9.17, 15) is 9.59 Å². The molecule has 138 valence electrons. The van der Waals surface area contributed by atoms with Crippen molar-refractivity contribution in [1.29, 1.82) is 0 Å². The molecule has 1 aromatic carbocycles. The molecule has 0 atom stereocenters. The molecule has 2 rings (SSSR count). The van der Waals surface area contributed by atoms with Crippen molar-refractivity contribution < 1.29 is 14.3 Å². The molecule has 0 aromatic heterocycles. The van der Waals surface area contributed by atoms with Gasteiger partial charge in [-0.1, -0.05) is 11.6 Å². The van der Waals surface area contributed by atoms with Gasteiger partial charge in [0, 0.05) is 32.2 Å². The first-order valence-electron chi connectivity index (χ1n) is 8.48. The van der Waals surface area contributed by atoms with E-state index in [4.69, 9.17) is 16.3 Å². The van der Waals surface area contributed by atoms with Crippen molar-refractivity contribution in [3.05, 3.63) is 28.3 Å². The van der Waals surface area contributed by atoms with Gasteiger partial charge in [0.2, 0.25) is 5.91 Å². The number of piperazine rings is 1. The summed E-state index contributed by atoms with van der Waals surface area (Å²) in [6.07, 6.45) is 0.299. The number of carbonyl (C=O) groups excluding carboxylic acids is 2. The number of rotatable bonds is 4. The van der Waals surface area contributed by atoms with E-state index in [-0.39, 0.29) is 18.0 Å². The second-order valence-electron chi connectivity index (χ2n) is 6.56. The zero-order valence-electron chi connectivity index (χ0n) is 15.3. The van der Waals surface area contributed by atoms with Crippen LogP contribution < -0.4 is 10.1 Å². The number of carbonyl (C=O) groups is 2. The van der Waals surface area contributed by atoms with Crippen LogP contribution in [0.1, 0.15) is 25.0 Å². The number of nitrogens with zero attached hydrogens (tertiary/aromatic N) is 2. The van der Waals surface area contributed by atoms with E-state index in [0.717, 1.165) is 11.1 Å².